The van der Waals surface area contributed by atoms with Crippen molar-refractivity contribution in [1.82, 2.24) is 0 Å². The maximum Gasteiger partial charge on any atom is 0.337 e. The van der Waals surface area contributed by atoms with Crippen LogP contribution >= 0.6 is 0 Å². The smallest absolute Gasteiger partial charge is 0.337 e. The summed E-state index contributed by atoms with van der Waals surface area (Å²) in [6.45, 7) is 4.13. The second-order valence-electron chi connectivity index (χ2n) is 10.3. The molecule has 1 aliphatic heterocycles. The zero-order valence-electron chi connectivity index (χ0n) is 24.2. The molecule has 0 amide bonds. The Labute approximate surface area is 242 Å². The van der Waals surface area contributed by atoms with Crippen LogP contribution in [0.15, 0.2) is 108 Å². The molecule has 0 saturated carbocycles. The summed E-state index contributed by atoms with van der Waals surface area (Å²) in [5.41, 5.74) is 7.71. The molecule has 4 aromatic carbocycles. The number of aryl methyl sites for hydroxylation is 2. The highest BCUT2D eigenvalue weighted by atomic mass is 16.5. The molecule has 0 unspecified atom stereocenters. The quantitative estimate of drug-likeness (QED) is 0.229. The number of nitrogens with zero attached hydrogens (tertiary/aromatic N) is 1. The Morgan fingerprint density at radius 3 is 1.73 bits per heavy atom. The minimum atomic E-state index is -0.440. The van der Waals surface area contributed by atoms with Crippen LogP contribution in [0.2, 0.25) is 0 Å². The Morgan fingerprint density at radius 1 is 0.707 bits per heavy atom. The number of rotatable bonds is 8. The van der Waals surface area contributed by atoms with E-state index in [4.69, 9.17) is 14.2 Å². The molecule has 1 aliphatic rings. The Morgan fingerprint density at radius 2 is 1.22 bits per heavy atom. The first-order chi connectivity index (χ1) is 19.9. The van der Waals surface area contributed by atoms with Crippen LogP contribution in [0.25, 0.3) is 0 Å². The third kappa shape index (κ3) is 5.92. The van der Waals surface area contributed by atoms with Gasteiger partial charge in [0, 0.05) is 23.5 Å². The zero-order chi connectivity index (χ0) is 28.9. The highest BCUT2D eigenvalue weighted by Gasteiger charge is 2.41. The van der Waals surface area contributed by atoms with Gasteiger partial charge in [-0.15, -0.1) is 0 Å². The highest BCUT2D eigenvalue weighted by Crippen LogP contribution is 2.48. The molecule has 0 aromatic heterocycles. The number of carbonyl (C=O) groups is 1. The van der Waals surface area contributed by atoms with Gasteiger partial charge in [0.1, 0.15) is 11.5 Å². The predicted octanol–water partition coefficient (Wildman–Crippen LogP) is 7.55. The lowest BCUT2D eigenvalue weighted by Gasteiger charge is -2.46. The molecule has 0 aliphatic carbocycles. The summed E-state index contributed by atoms with van der Waals surface area (Å²) in [7, 11) is 4.76. The molecule has 0 spiro atoms. The number of nitrogens with one attached hydrogen (secondary N) is 1. The molecule has 5 rings (SSSR count). The largest absolute Gasteiger partial charge is 0.497 e. The van der Waals surface area contributed by atoms with Gasteiger partial charge in [0.15, 0.2) is 0 Å². The molecule has 6 heteroatoms. The minimum absolute atomic E-state index is 0.0999. The summed E-state index contributed by atoms with van der Waals surface area (Å²) in [6, 6.07) is 32.2. The average molecular weight is 549 g/mol. The van der Waals surface area contributed by atoms with E-state index in [-0.39, 0.29) is 12.0 Å². The van der Waals surface area contributed by atoms with Crippen LogP contribution in [0.5, 0.6) is 11.5 Å². The average Bonchev–Trinajstić information content (AvgIpc) is 3.02. The normalized spacial score (nSPS) is 16.8. The maximum atomic E-state index is 13.7. The van der Waals surface area contributed by atoms with E-state index in [1.165, 1.54) is 18.2 Å². The summed E-state index contributed by atoms with van der Waals surface area (Å²) in [6.07, 6.45) is 0.561. The van der Waals surface area contributed by atoms with Crippen molar-refractivity contribution in [1.29, 1.82) is 0 Å². The summed E-state index contributed by atoms with van der Waals surface area (Å²) >= 11 is 0. The Bertz CT molecular complexity index is 1510. The number of methoxy groups -OCH3 is 3. The van der Waals surface area contributed by atoms with E-state index in [0.717, 1.165) is 39.7 Å². The first-order valence-corrected chi connectivity index (χ1v) is 13.7. The molecule has 0 bridgehead atoms. The van der Waals surface area contributed by atoms with Crippen molar-refractivity contribution >= 4 is 17.3 Å². The maximum absolute atomic E-state index is 13.7. The van der Waals surface area contributed by atoms with Gasteiger partial charge in [-0.05, 0) is 73.5 Å². The summed E-state index contributed by atoms with van der Waals surface area (Å²) in [4.78, 5) is 16.0. The fourth-order valence-electron chi connectivity index (χ4n) is 5.42. The summed E-state index contributed by atoms with van der Waals surface area (Å²) in [5, 5.41) is 3.60. The molecule has 4 aromatic rings. The molecule has 41 heavy (non-hydrogen) atoms. The lowest BCUT2D eigenvalue weighted by atomic mass is 9.84. The first-order valence-electron chi connectivity index (χ1n) is 13.7. The van der Waals surface area contributed by atoms with E-state index in [2.05, 4.69) is 72.6 Å². The number of hydrogen-bond acceptors (Lipinski definition) is 6. The van der Waals surface area contributed by atoms with Crippen molar-refractivity contribution in [3.05, 3.63) is 131 Å². The van der Waals surface area contributed by atoms with Gasteiger partial charge in [0.05, 0.1) is 39.0 Å². The second kappa shape index (κ2) is 12.2. The number of benzene rings is 4. The first kappa shape index (κ1) is 27.8. The molecule has 0 saturated heterocycles. The third-order valence-electron chi connectivity index (χ3n) is 7.63. The molecule has 210 valence electrons. The fourth-order valence-corrected chi connectivity index (χ4v) is 5.42. The van der Waals surface area contributed by atoms with Gasteiger partial charge in [0.2, 0.25) is 0 Å². The SMILES string of the molecule is COC(=O)C1=C(Nc2ccc(C)cc2)C[C@H](c2ccc(OC)cc2)N(c2ccc(C)cc2)[C@H]1c1ccc(OC)cc1. The lowest BCUT2D eigenvalue weighted by Crippen LogP contribution is -2.41. The monoisotopic (exact) mass is 548 g/mol. The van der Waals surface area contributed by atoms with Crippen molar-refractivity contribution in [2.45, 2.75) is 32.4 Å². The van der Waals surface area contributed by atoms with Gasteiger partial charge in [0.25, 0.3) is 0 Å². The van der Waals surface area contributed by atoms with Crippen molar-refractivity contribution < 1.29 is 19.0 Å². The van der Waals surface area contributed by atoms with Gasteiger partial charge in [-0.2, -0.15) is 0 Å². The van der Waals surface area contributed by atoms with Crippen LogP contribution < -0.4 is 19.7 Å². The molecule has 2 atom stereocenters. The standard InChI is InChI=1S/C35H36N2O4/c1-23-6-14-27(15-7-23)36-31-22-32(25-10-18-29(39-3)19-11-25)37(28-16-8-24(2)9-17-28)34(33(31)35(38)41-5)26-12-20-30(40-4)21-13-26/h6-21,32,34,36H,22H2,1-5H3/t32-,34+/m1/s1. The van der Waals surface area contributed by atoms with Crippen molar-refractivity contribution in [3.8, 4) is 11.5 Å². The molecule has 1 N–H and O–H groups in total. The van der Waals surface area contributed by atoms with Crippen LogP contribution in [-0.4, -0.2) is 27.3 Å². The zero-order valence-corrected chi connectivity index (χ0v) is 24.2. The third-order valence-corrected chi connectivity index (χ3v) is 7.63. The van der Waals surface area contributed by atoms with Gasteiger partial charge in [-0.1, -0.05) is 59.7 Å². The van der Waals surface area contributed by atoms with Gasteiger partial charge in [-0.3, -0.25) is 0 Å². The van der Waals surface area contributed by atoms with E-state index < -0.39 is 6.04 Å². The predicted molar refractivity (Wildman–Crippen MR) is 164 cm³/mol. The van der Waals surface area contributed by atoms with E-state index in [1.54, 1.807) is 14.2 Å². The molecular formula is C35H36N2O4. The van der Waals surface area contributed by atoms with E-state index in [1.807, 2.05) is 48.5 Å². The molecule has 6 nitrogen and oxygen atoms in total. The van der Waals surface area contributed by atoms with Gasteiger partial charge in [-0.25, -0.2) is 4.79 Å². The second-order valence-corrected chi connectivity index (χ2v) is 10.3. The Balaban J connectivity index is 1.76. The summed E-state index contributed by atoms with van der Waals surface area (Å²) in [5.74, 6) is 1.17. The number of ether oxygens (including phenoxy) is 3. The van der Waals surface area contributed by atoms with Crippen LogP contribution in [-0.2, 0) is 9.53 Å². The van der Waals surface area contributed by atoms with Crippen LogP contribution in [0.3, 0.4) is 0 Å². The van der Waals surface area contributed by atoms with Crippen molar-refractivity contribution in [2.24, 2.45) is 0 Å². The van der Waals surface area contributed by atoms with Crippen LogP contribution in [0, 0.1) is 13.8 Å². The van der Waals surface area contributed by atoms with Crippen LogP contribution in [0.1, 0.15) is 40.8 Å². The minimum Gasteiger partial charge on any atom is -0.497 e. The lowest BCUT2D eigenvalue weighted by molar-refractivity contribution is -0.136. The van der Waals surface area contributed by atoms with Gasteiger partial charge < -0.3 is 24.4 Å². The van der Waals surface area contributed by atoms with Gasteiger partial charge >= 0.3 is 5.97 Å². The van der Waals surface area contributed by atoms with Crippen molar-refractivity contribution in [3.63, 3.8) is 0 Å². The molecular weight excluding hydrogens is 512 g/mol. The fraction of sp³-hybridized carbons (Fsp3) is 0.229. The number of esters is 1. The number of carbonyl (C=O) groups excluding carboxylic acids is 1. The van der Waals surface area contributed by atoms with Crippen LogP contribution in [0.4, 0.5) is 11.4 Å². The van der Waals surface area contributed by atoms with Crippen molar-refractivity contribution in [2.75, 3.05) is 31.5 Å². The summed E-state index contributed by atoms with van der Waals surface area (Å²) < 4.78 is 16.4. The highest BCUT2D eigenvalue weighted by molar-refractivity contribution is 5.93. The Kier molecular flexibility index (Phi) is 8.29. The topological polar surface area (TPSA) is 60.0 Å². The molecule has 0 radical (unpaired) electrons. The number of hydrogen-bond donors (Lipinski definition) is 1. The number of anilines is 2. The van der Waals surface area contributed by atoms with E-state index >= 15 is 0 Å². The van der Waals surface area contributed by atoms with E-state index in [9.17, 15) is 4.79 Å². The molecule has 0 fully saturated rings. The van der Waals surface area contributed by atoms with E-state index in [0.29, 0.717) is 12.0 Å². The Hall–Kier alpha value is -4.71. The molecule has 1 heterocycles.